The first kappa shape index (κ1) is 20.2. The lowest BCUT2D eigenvalue weighted by molar-refractivity contribution is -0.139. The number of carboxylic acids is 1. The van der Waals surface area contributed by atoms with Gasteiger partial charge in [0, 0.05) is 6.08 Å². The Morgan fingerprint density at radius 3 is 2.48 bits per heavy atom. The highest BCUT2D eigenvalue weighted by atomic mass is 19.4. The van der Waals surface area contributed by atoms with Crippen molar-refractivity contribution in [2.24, 2.45) is 0 Å². The number of carbonyl (C=O) groups excluding carboxylic acids is 2. The van der Waals surface area contributed by atoms with Crippen LogP contribution in [0, 0.1) is 0 Å². The molecule has 25 heavy (non-hydrogen) atoms. The summed E-state index contributed by atoms with van der Waals surface area (Å²) >= 11 is 0. The van der Waals surface area contributed by atoms with Gasteiger partial charge in [-0.3, -0.25) is 4.79 Å². The molecule has 1 rings (SSSR count). The highest BCUT2D eigenvalue weighted by Crippen LogP contribution is 2.31. The summed E-state index contributed by atoms with van der Waals surface area (Å²) in [6.45, 7) is 1.72. The number of esters is 1. The molecule has 1 atom stereocenters. The van der Waals surface area contributed by atoms with Crippen molar-refractivity contribution in [1.82, 2.24) is 5.32 Å². The van der Waals surface area contributed by atoms with Crippen molar-refractivity contribution in [2.45, 2.75) is 25.6 Å². The monoisotopic (exact) mass is 359 g/mol. The van der Waals surface area contributed by atoms with Crippen LogP contribution >= 0.6 is 0 Å². The molecule has 6 nitrogen and oxygen atoms in total. The van der Waals surface area contributed by atoms with E-state index in [0.717, 1.165) is 30.4 Å². The van der Waals surface area contributed by atoms with E-state index in [4.69, 9.17) is 5.11 Å². The van der Waals surface area contributed by atoms with Crippen LogP contribution in [-0.4, -0.2) is 35.6 Å². The fourth-order valence-electron chi connectivity index (χ4n) is 1.88. The van der Waals surface area contributed by atoms with Gasteiger partial charge in [-0.25, -0.2) is 9.59 Å². The smallest absolute Gasteiger partial charge is 0.417 e. The van der Waals surface area contributed by atoms with E-state index in [0.29, 0.717) is 0 Å². The molecule has 1 aromatic rings. The molecule has 0 aliphatic carbocycles. The molecule has 0 heterocycles. The van der Waals surface area contributed by atoms with Gasteiger partial charge in [0.25, 0.3) is 5.91 Å². The predicted molar refractivity (Wildman–Crippen MR) is 80.7 cm³/mol. The molecular formula is C16H16F3NO5. The number of carbonyl (C=O) groups is 3. The second-order valence-electron chi connectivity index (χ2n) is 4.80. The van der Waals surface area contributed by atoms with E-state index in [1.807, 2.05) is 5.32 Å². The van der Waals surface area contributed by atoms with Gasteiger partial charge in [-0.05, 0) is 25.5 Å². The molecule has 0 spiro atoms. The molecule has 0 fully saturated rings. The average Bonchev–Trinajstić information content (AvgIpc) is 2.53. The highest BCUT2D eigenvalue weighted by molar-refractivity contribution is 5.98. The van der Waals surface area contributed by atoms with Crippen LogP contribution in [0.4, 0.5) is 13.2 Å². The lowest BCUT2D eigenvalue weighted by Crippen LogP contribution is -2.41. The zero-order chi connectivity index (χ0) is 19.0. The number of aliphatic carboxylic acids is 1. The van der Waals surface area contributed by atoms with E-state index in [2.05, 4.69) is 4.74 Å². The second-order valence-corrected chi connectivity index (χ2v) is 4.80. The van der Waals surface area contributed by atoms with E-state index in [1.54, 1.807) is 6.92 Å². The Hall–Kier alpha value is -2.84. The van der Waals surface area contributed by atoms with Gasteiger partial charge in [0.15, 0.2) is 0 Å². The minimum atomic E-state index is -4.75. The minimum Gasteiger partial charge on any atom is -0.480 e. The Balaban J connectivity index is 2.88. The summed E-state index contributed by atoms with van der Waals surface area (Å²) in [6.07, 6.45) is -2.91. The maximum absolute atomic E-state index is 12.9. The van der Waals surface area contributed by atoms with Gasteiger partial charge in [0.05, 0.1) is 17.7 Å². The summed E-state index contributed by atoms with van der Waals surface area (Å²) in [7, 11) is 0. The first-order valence-electron chi connectivity index (χ1n) is 7.20. The van der Waals surface area contributed by atoms with Gasteiger partial charge in [-0.2, -0.15) is 13.2 Å². The summed E-state index contributed by atoms with van der Waals surface area (Å²) in [5, 5.41) is 11.1. The zero-order valence-corrected chi connectivity index (χ0v) is 13.2. The van der Waals surface area contributed by atoms with E-state index in [1.165, 1.54) is 6.07 Å². The van der Waals surface area contributed by atoms with Crippen LogP contribution in [0.25, 0.3) is 0 Å². The number of amides is 1. The number of alkyl halides is 3. The number of ether oxygens (including phenoxy) is 1. The zero-order valence-electron chi connectivity index (χ0n) is 13.2. The molecule has 0 bridgehead atoms. The molecule has 2 N–H and O–H groups in total. The number of hydrogen-bond donors (Lipinski definition) is 2. The number of carboxylic acid groups (broad SMARTS) is 1. The van der Waals surface area contributed by atoms with Crippen molar-refractivity contribution in [3.05, 3.63) is 47.5 Å². The molecule has 0 aliphatic heterocycles. The summed E-state index contributed by atoms with van der Waals surface area (Å²) in [5.41, 5.74) is -1.85. The number of nitrogens with one attached hydrogen (secondary N) is 1. The fraction of sp³-hybridized carbons (Fsp3) is 0.312. The van der Waals surface area contributed by atoms with E-state index in [9.17, 15) is 27.6 Å². The molecule has 0 saturated carbocycles. The summed E-state index contributed by atoms with van der Waals surface area (Å²) in [5.74, 6) is -3.32. The first-order chi connectivity index (χ1) is 11.7. The third kappa shape index (κ3) is 6.28. The minimum absolute atomic E-state index is 0.135. The fourth-order valence-corrected chi connectivity index (χ4v) is 1.88. The molecule has 0 saturated heterocycles. The maximum atomic E-state index is 12.9. The summed E-state index contributed by atoms with van der Waals surface area (Å²) in [4.78, 5) is 34.3. The van der Waals surface area contributed by atoms with Crippen LogP contribution in [-0.2, 0) is 20.5 Å². The number of benzene rings is 1. The topological polar surface area (TPSA) is 92.7 Å². The van der Waals surface area contributed by atoms with Gasteiger partial charge in [-0.15, -0.1) is 0 Å². The predicted octanol–water partition coefficient (Wildman–Crippen LogP) is 2.40. The largest absolute Gasteiger partial charge is 0.480 e. The first-order valence-corrected chi connectivity index (χ1v) is 7.20. The molecule has 0 unspecified atom stereocenters. The Morgan fingerprint density at radius 1 is 1.28 bits per heavy atom. The number of rotatable bonds is 7. The third-order valence-electron chi connectivity index (χ3n) is 2.99. The van der Waals surface area contributed by atoms with E-state index in [-0.39, 0.29) is 13.0 Å². The lowest BCUT2D eigenvalue weighted by Gasteiger charge is -2.16. The molecule has 1 aromatic carbocycles. The average molecular weight is 359 g/mol. The Morgan fingerprint density at radius 2 is 1.92 bits per heavy atom. The van der Waals surface area contributed by atoms with Crippen LogP contribution in [0.15, 0.2) is 36.4 Å². The molecule has 136 valence electrons. The van der Waals surface area contributed by atoms with Crippen LogP contribution in [0.1, 0.15) is 29.3 Å². The standard InChI is InChI=1S/C16H16F3NO5/c1-2-25-13(21)9-5-8-12(15(23)24)20-14(22)10-6-3-4-7-11(10)16(17,18)19/h3-7,9,12H,2,8H2,1H3,(H,20,22)(H,23,24)/b9-5+/t12-/m1/s1. The highest BCUT2D eigenvalue weighted by Gasteiger charge is 2.35. The number of hydrogen-bond acceptors (Lipinski definition) is 4. The molecule has 1 amide bonds. The molecule has 0 aromatic heterocycles. The van der Waals surface area contributed by atoms with Crippen molar-refractivity contribution in [3.8, 4) is 0 Å². The Kier molecular flexibility index (Phi) is 7.16. The van der Waals surface area contributed by atoms with Crippen molar-refractivity contribution >= 4 is 17.8 Å². The summed E-state index contributed by atoms with van der Waals surface area (Å²) < 4.78 is 43.3. The van der Waals surface area contributed by atoms with Gasteiger partial charge in [0.2, 0.25) is 0 Å². The van der Waals surface area contributed by atoms with Crippen molar-refractivity contribution in [2.75, 3.05) is 6.61 Å². The van der Waals surface area contributed by atoms with Crippen LogP contribution in [0.5, 0.6) is 0 Å². The molecule has 0 aliphatic rings. The molecule has 9 heteroatoms. The Labute approximate surface area is 141 Å². The normalized spacial score (nSPS) is 12.6. The van der Waals surface area contributed by atoms with Crippen LogP contribution in [0.3, 0.4) is 0 Å². The van der Waals surface area contributed by atoms with Crippen molar-refractivity contribution < 1.29 is 37.4 Å². The Bertz CT molecular complexity index is 670. The third-order valence-corrected chi connectivity index (χ3v) is 2.99. The molecule has 0 radical (unpaired) electrons. The van der Waals surface area contributed by atoms with Gasteiger partial charge in [0.1, 0.15) is 6.04 Å². The van der Waals surface area contributed by atoms with Crippen LogP contribution in [0.2, 0.25) is 0 Å². The molecular weight excluding hydrogens is 343 g/mol. The second kappa shape index (κ2) is 8.86. The SMILES string of the molecule is CCOC(=O)/C=C/C[C@@H](NC(=O)c1ccccc1C(F)(F)F)C(=O)O. The quantitative estimate of drug-likeness (QED) is 0.576. The lowest BCUT2D eigenvalue weighted by atomic mass is 10.1. The number of halogens is 3. The maximum Gasteiger partial charge on any atom is 0.417 e. The van der Waals surface area contributed by atoms with Gasteiger partial charge in [-0.1, -0.05) is 18.2 Å². The summed E-state index contributed by atoms with van der Waals surface area (Å²) in [6, 6.07) is 2.54. The van der Waals surface area contributed by atoms with Gasteiger partial charge >= 0.3 is 18.1 Å². The van der Waals surface area contributed by atoms with Gasteiger partial charge < -0.3 is 15.2 Å². The van der Waals surface area contributed by atoms with Crippen molar-refractivity contribution in [1.29, 1.82) is 0 Å². The van der Waals surface area contributed by atoms with E-state index < -0.39 is 41.2 Å². The van der Waals surface area contributed by atoms with Crippen molar-refractivity contribution in [3.63, 3.8) is 0 Å². The van der Waals surface area contributed by atoms with E-state index >= 15 is 0 Å². The van der Waals surface area contributed by atoms with Crippen LogP contribution < -0.4 is 5.32 Å².